The summed E-state index contributed by atoms with van der Waals surface area (Å²) in [5.41, 5.74) is 14.6. The van der Waals surface area contributed by atoms with Crippen LogP contribution < -0.4 is 5.73 Å². The Kier molecular flexibility index (Phi) is 7.75. The van der Waals surface area contributed by atoms with Crippen molar-refractivity contribution in [2.75, 3.05) is 18.8 Å². The lowest BCUT2D eigenvalue weighted by Crippen LogP contribution is -2.35. The van der Waals surface area contributed by atoms with Gasteiger partial charge in [-0.25, -0.2) is 9.50 Å². The number of nitrogen functional groups attached to an aromatic ring is 1. The highest BCUT2D eigenvalue weighted by molar-refractivity contribution is 5.91. The van der Waals surface area contributed by atoms with E-state index < -0.39 is 0 Å². The van der Waals surface area contributed by atoms with Gasteiger partial charge in [-0.1, -0.05) is 60.7 Å². The lowest BCUT2D eigenvalue weighted by molar-refractivity contribution is 0.0792. The first-order valence-corrected chi connectivity index (χ1v) is 14.1. The molecule has 208 valence electrons. The van der Waals surface area contributed by atoms with E-state index in [9.17, 15) is 5.11 Å². The van der Waals surface area contributed by atoms with Crippen molar-refractivity contribution in [3.63, 3.8) is 0 Å². The number of aliphatic hydroxyl groups is 1. The summed E-state index contributed by atoms with van der Waals surface area (Å²) < 4.78 is 3.83. The molecule has 0 aliphatic carbocycles. The zero-order valence-electron chi connectivity index (χ0n) is 23.3. The lowest BCUT2D eigenvalue weighted by atomic mass is 10.0. The predicted molar refractivity (Wildman–Crippen MR) is 162 cm³/mol. The first-order chi connectivity index (χ1) is 20.0. The highest BCUT2D eigenvalue weighted by atomic mass is 16.3. The van der Waals surface area contributed by atoms with E-state index in [1.807, 2.05) is 45.9 Å². The van der Waals surface area contributed by atoms with Gasteiger partial charge >= 0.3 is 0 Å². The van der Waals surface area contributed by atoms with E-state index in [0.717, 1.165) is 65.9 Å². The number of benzene rings is 2. The minimum atomic E-state index is -0.176. The van der Waals surface area contributed by atoms with Gasteiger partial charge in [0, 0.05) is 43.2 Å². The maximum atomic E-state index is 9.88. The zero-order chi connectivity index (χ0) is 28.2. The van der Waals surface area contributed by atoms with Crippen molar-refractivity contribution >= 4 is 11.3 Å². The quantitative estimate of drug-likeness (QED) is 0.301. The predicted octanol–water partition coefficient (Wildman–Crippen LogP) is 5.28. The molecule has 1 saturated heterocycles. The molecular weight excluding hydrogens is 510 g/mol. The van der Waals surface area contributed by atoms with Gasteiger partial charge in [0.05, 0.1) is 18.3 Å². The van der Waals surface area contributed by atoms with Crippen molar-refractivity contribution < 1.29 is 5.11 Å². The number of piperidine rings is 1. The van der Waals surface area contributed by atoms with Gasteiger partial charge < -0.3 is 10.8 Å². The number of rotatable bonds is 6. The second-order valence-electron chi connectivity index (χ2n) is 10.7. The van der Waals surface area contributed by atoms with E-state index in [1.54, 1.807) is 0 Å². The molecule has 0 bridgehead atoms. The van der Waals surface area contributed by atoms with Gasteiger partial charge in [-0.15, -0.1) is 0 Å². The number of aliphatic hydroxyl groups excluding tert-OH is 1. The van der Waals surface area contributed by atoms with E-state index in [4.69, 9.17) is 10.8 Å². The summed E-state index contributed by atoms with van der Waals surface area (Å²) in [6.45, 7) is 5.42. The maximum Gasteiger partial charge on any atom is 0.152 e. The summed E-state index contributed by atoms with van der Waals surface area (Å²) in [7, 11) is 0. The van der Waals surface area contributed by atoms with Crippen LogP contribution in [0.5, 0.6) is 0 Å². The molecule has 3 N–H and O–H groups in total. The third-order valence-corrected chi connectivity index (χ3v) is 7.61. The average Bonchev–Trinajstić information content (AvgIpc) is 3.40. The van der Waals surface area contributed by atoms with Crippen LogP contribution in [0.1, 0.15) is 29.5 Å². The highest BCUT2D eigenvalue weighted by Crippen LogP contribution is 2.34. The fourth-order valence-corrected chi connectivity index (χ4v) is 5.48. The third-order valence-electron chi connectivity index (χ3n) is 7.61. The van der Waals surface area contributed by atoms with E-state index >= 15 is 0 Å². The van der Waals surface area contributed by atoms with Crippen LogP contribution in [0.25, 0.3) is 27.9 Å². The largest absolute Gasteiger partial charge is 0.393 e. The number of hydrogen-bond acceptors (Lipinski definition) is 6. The monoisotopic (exact) mass is 545 g/mol. The van der Waals surface area contributed by atoms with Crippen LogP contribution in [0.3, 0.4) is 0 Å². The Bertz CT molecular complexity index is 1700. The normalized spacial score (nSPS) is 14.3. The first kappa shape index (κ1) is 26.7. The Labute approximate surface area is 240 Å². The molecule has 0 spiro atoms. The molecule has 0 saturated carbocycles. The topological polar surface area (TPSA) is 97.5 Å². The molecule has 0 amide bonds. The van der Waals surface area contributed by atoms with Gasteiger partial charge in [-0.05, 0) is 60.2 Å². The number of aryl methyl sites for hydroxylation is 1. The Morgan fingerprint density at radius 3 is 2.49 bits per heavy atom. The number of likely N-dealkylation sites (tertiary alicyclic amines) is 1. The zero-order valence-corrected chi connectivity index (χ0v) is 23.3. The highest BCUT2D eigenvalue weighted by Gasteiger charge is 2.19. The van der Waals surface area contributed by atoms with Gasteiger partial charge in [0.25, 0.3) is 0 Å². The number of hydrogen-bond donors (Lipinski definition) is 2. The van der Waals surface area contributed by atoms with Crippen LogP contribution in [0.2, 0.25) is 0 Å². The minimum absolute atomic E-state index is 0.176. The molecule has 0 atom stereocenters. The molecule has 1 fully saturated rings. The molecule has 5 aromatic rings. The fraction of sp³-hybridized carbons (Fsp3) is 0.242. The number of fused-ring (bicyclic) bond motifs is 1. The van der Waals surface area contributed by atoms with Crippen molar-refractivity contribution in [3.05, 3.63) is 114 Å². The maximum absolute atomic E-state index is 9.88. The summed E-state index contributed by atoms with van der Waals surface area (Å²) in [6, 6.07) is 27.2. The Morgan fingerprint density at radius 2 is 1.66 bits per heavy atom. The molecule has 1 aliphatic heterocycles. The SMILES string of the molecule is Cc1ccc(-c2cc(-c3cccc(CN4CCC(O)CC4)c3)n3ncnc(N)c23)ccnn(Cc2ccccc2)c1. The molecule has 8 heteroatoms. The number of aromatic nitrogens is 5. The van der Waals surface area contributed by atoms with Crippen LogP contribution in [0.4, 0.5) is 5.82 Å². The smallest absolute Gasteiger partial charge is 0.152 e. The fourth-order valence-electron chi connectivity index (χ4n) is 5.48. The van der Waals surface area contributed by atoms with E-state index in [1.165, 1.54) is 17.5 Å². The Morgan fingerprint density at radius 1 is 0.854 bits per heavy atom. The number of anilines is 1. The molecule has 0 radical (unpaired) electrons. The summed E-state index contributed by atoms with van der Waals surface area (Å²) in [5, 5.41) is 19.2. The van der Waals surface area contributed by atoms with Gasteiger partial charge in [0.15, 0.2) is 5.82 Å². The van der Waals surface area contributed by atoms with Crippen molar-refractivity contribution in [2.45, 2.75) is 39.0 Å². The summed E-state index contributed by atoms with van der Waals surface area (Å²) in [4.78, 5) is 6.72. The van der Waals surface area contributed by atoms with Gasteiger partial charge in [-0.2, -0.15) is 10.2 Å². The summed E-state index contributed by atoms with van der Waals surface area (Å²) in [5.74, 6) is 0.424. The molecular formula is C33H35N7O. The molecule has 2 aromatic carbocycles. The van der Waals surface area contributed by atoms with E-state index in [0.29, 0.717) is 12.4 Å². The molecule has 0 unspecified atom stereocenters. The van der Waals surface area contributed by atoms with Crippen LogP contribution in [-0.2, 0) is 13.1 Å². The van der Waals surface area contributed by atoms with Crippen molar-refractivity contribution in [2.24, 2.45) is 0 Å². The van der Waals surface area contributed by atoms with Crippen LogP contribution in [0.15, 0.2) is 97.6 Å². The van der Waals surface area contributed by atoms with Crippen LogP contribution in [0, 0.1) is 6.92 Å². The van der Waals surface area contributed by atoms with Crippen LogP contribution in [-0.4, -0.2) is 53.6 Å². The lowest BCUT2D eigenvalue weighted by Gasteiger charge is -2.29. The molecule has 8 nitrogen and oxygen atoms in total. The second kappa shape index (κ2) is 11.9. The standard InChI is InChI=1S/C33H35N7O/c1-24-10-11-27(12-15-36-39(20-24)22-25-6-3-2-4-7-25)30-19-31(40-32(30)33(34)35-23-37-40)28-9-5-8-26(18-28)21-38-16-13-29(41)14-17-38/h2-12,15,18-20,23,29,41H,13-14,16-17,21-22H2,1H3,(H2,34,35,37). The molecule has 1 aliphatic rings. The van der Waals surface area contributed by atoms with Crippen molar-refractivity contribution in [1.82, 2.24) is 29.3 Å². The van der Waals surface area contributed by atoms with Crippen LogP contribution >= 0.6 is 0 Å². The van der Waals surface area contributed by atoms with Crippen molar-refractivity contribution in [3.8, 4) is 22.4 Å². The minimum Gasteiger partial charge on any atom is -0.393 e. The molecule has 6 rings (SSSR count). The third kappa shape index (κ3) is 6.14. The summed E-state index contributed by atoms with van der Waals surface area (Å²) in [6.07, 6.45) is 6.86. The van der Waals surface area contributed by atoms with E-state index in [-0.39, 0.29) is 6.10 Å². The molecule has 3 aromatic heterocycles. The van der Waals surface area contributed by atoms with E-state index in [2.05, 4.69) is 76.5 Å². The number of nitrogens with two attached hydrogens (primary N) is 1. The number of nitrogens with zero attached hydrogens (tertiary/aromatic N) is 6. The molecule has 41 heavy (non-hydrogen) atoms. The van der Waals surface area contributed by atoms with Crippen molar-refractivity contribution in [1.29, 1.82) is 0 Å². The average molecular weight is 546 g/mol. The summed E-state index contributed by atoms with van der Waals surface area (Å²) >= 11 is 0. The second-order valence-corrected chi connectivity index (χ2v) is 10.7. The van der Waals surface area contributed by atoms with Gasteiger partial charge in [0.2, 0.25) is 0 Å². The Balaban J connectivity index is 1.38. The first-order valence-electron chi connectivity index (χ1n) is 14.1. The molecule has 4 heterocycles. The van der Waals surface area contributed by atoms with Gasteiger partial charge in [-0.3, -0.25) is 9.58 Å². The van der Waals surface area contributed by atoms with Gasteiger partial charge in [0.1, 0.15) is 11.8 Å². The Hall–Kier alpha value is -4.53.